The van der Waals surface area contributed by atoms with Crippen LogP contribution in [0.25, 0.3) is 0 Å². The van der Waals surface area contributed by atoms with E-state index in [0.717, 1.165) is 25.9 Å². The zero-order valence-corrected chi connectivity index (χ0v) is 15.2. The van der Waals surface area contributed by atoms with E-state index in [-0.39, 0.29) is 30.0 Å². The van der Waals surface area contributed by atoms with Crippen LogP contribution in [-0.4, -0.2) is 59.8 Å². The monoisotopic (exact) mass is 378 g/mol. The standard InChI is InChI=1S/C19H23ClN2O4/c20-13-3-1-2-12(8-13)18(25)21-9-14-15-10-22(7-5-17(23)24)11-19(15)6-4-16(14)26-19/h1-3,8,14-16H,4-7,9-11H2,(H,21,25)(H,23,24)/t14-,15+,16+,19+/m0/s1. The summed E-state index contributed by atoms with van der Waals surface area (Å²) in [4.78, 5) is 25.5. The van der Waals surface area contributed by atoms with Crippen LogP contribution in [-0.2, 0) is 9.53 Å². The fourth-order valence-corrected chi connectivity index (χ4v) is 5.12. The number of hydrogen-bond donors (Lipinski definition) is 2. The van der Waals surface area contributed by atoms with Crippen LogP contribution in [0.2, 0.25) is 5.02 Å². The topological polar surface area (TPSA) is 78.9 Å². The van der Waals surface area contributed by atoms with Gasteiger partial charge in [-0.3, -0.25) is 14.5 Å². The third-order valence-corrected chi connectivity index (χ3v) is 6.32. The van der Waals surface area contributed by atoms with Crippen molar-refractivity contribution >= 4 is 23.5 Å². The minimum absolute atomic E-state index is 0.120. The van der Waals surface area contributed by atoms with Crippen molar-refractivity contribution in [3.8, 4) is 0 Å². The second kappa shape index (κ2) is 6.83. The molecule has 0 aromatic heterocycles. The molecule has 1 amide bonds. The van der Waals surface area contributed by atoms with Crippen LogP contribution in [0.3, 0.4) is 0 Å². The van der Waals surface area contributed by atoms with Crippen molar-refractivity contribution in [1.82, 2.24) is 10.2 Å². The molecular formula is C19H23ClN2O4. The summed E-state index contributed by atoms with van der Waals surface area (Å²) < 4.78 is 6.33. The van der Waals surface area contributed by atoms with Crippen molar-refractivity contribution in [2.45, 2.75) is 31.0 Å². The van der Waals surface area contributed by atoms with Gasteiger partial charge in [0.05, 0.1) is 18.1 Å². The van der Waals surface area contributed by atoms with E-state index in [1.54, 1.807) is 24.3 Å². The lowest BCUT2D eigenvalue weighted by Gasteiger charge is -2.29. The Labute approximate surface area is 157 Å². The molecule has 7 heteroatoms. The number of likely N-dealkylation sites (tertiary alicyclic amines) is 1. The van der Waals surface area contributed by atoms with E-state index >= 15 is 0 Å². The Balaban J connectivity index is 1.38. The number of carboxylic acid groups (broad SMARTS) is 1. The van der Waals surface area contributed by atoms with Gasteiger partial charge in [-0.25, -0.2) is 0 Å². The normalized spacial score (nSPS) is 32.6. The molecule has 1 aromatic carbocycles. The van der Waals surface area contributed by atoms with Gasteiger partial charge in [-0.15, -0.1) is 0 Å². The molecular weight excluding hydrogens is 356 g/mol. The van der Waals surface area contributed by atoms with Gasteiger partial charge in [-0.2, -0.15) is 0 Å². The van der Waals surface area contributed by atoms with Crippen LogP contribution in [0, 0.1) is 11.8 Å². The second-order valence-electron chi connectivity index (χ2n) is 7.63. The molecule has 1 spiro atoms. The van der Waals surface area contributed by atoms with Crippen molar-refractivity contribution in [3.63, 3.8) is 0 Å². The van der Waals surface area contributed by atoms with Crippen LogP contribution >= 0.6 is 11.6 Å². The molecule has 3 saturated heterocycles. The van der Waals surface area contributed by atoms with Gasteiger partial charge in [-0.05, 0) is 31.0 Å². The smallest absolute Gasteiger partial charge is 0.304 e. The number of aliphatic carboxylic acids is 1. The van der Waals surface area contributed by atoms with E-state index in [1.165, 1.54) is 0 Å². The zero-order chi connectivity index (χ0) is 18.3. The van der Waals surface area contributed by atoms with Crippen molar-refractivity contribution in [2.24, 2.45) is 11.8 Å². The Hall–Kier alpha value is -1.63. The number of carbonyl (C=O) groups excluding carboxylic acids is 1. The lowest BCUT2D eigenvalue weighted by molar-refractivity contribution is -0.137. The fourth-order valence-electron chi connectivity index (χ4n) is 4.93. The predicted molar refractivity (Wildman–Crippen MR) is 96.3 cm³/mol. The molecule has 2 N–H and O–H groups in total. The molecule has 0 aliphatic carbocycles. The van der Waals surface area contributed by atoms with Gasteiger partial charge in [-0.1, -0.05) is 17.7 Å². The Morgan fingerprint density at radius 2 is 2.27 bits per heavy atom. The number of hydrogen-bond acceptors (Lipinski definition) is 4. The Morgan fingerprint density at radius 1 is 1.42 bits per heavy atom. The SMILES string of the molecule is O=C(O)CCN1C[C@@H]2[C@H](CNC(=O)c3cccc(Cl)c3)[C@H]3CC[C@]2(C1)O3. The summed E-state index contributed by atoms with van der Waals surface area (Å²) in [6.45, 7) is 2.79. The molecule has 0 unspecified atom stereocenters. The maximum absolute atomic E-state index is 12.4. The molecule has 0 saturated carbocycles. The summed E-state index contributed by atoms with van der Waals surface area (Å²) in [5, 5.41) is 12.5. The van der Waals surface area contributed by atoms with E-state index in [9.17, 15) is 9.59 Å². The van der Waals surface area contributed by atoms with Crippen molar-refractivity contribution in [3.05, 3.63) is 34.9 Å². The Bertz CT molecular complexity index is 727. The molecule has 3 aliphatic heterocycles. The average molecular weight is 379 g/mol. The third-order valence-electron chi connectivity index (χ3n) is 6.08. The first kappa shape index (κ1) is 17.8. The highest BCUT2D eigenvalue weighted by atomic mass is 35.5. The molecule has 3 heterocycles. The lowest BCUT2D eigenvalue weighted by atomic mass is 9.73. The summed E-state index contributed by atoms with van der Waals surface area (Å²) in [5.74, 6) is -0.253. The van der Waals surface area contributed by atoms with Crippen LogP contribution in [0.4, 0.5) is 0 Å². The number of rotatable bonds is 6. The molecule has 6 nitrogen and oxygen atoms in total. The van der Waals surface area contributed by atoms with Gasteiger partial charge in [0.1, 0.15) is 0 Å². The number of amides is 1. The maximum atomic E-state index is 12.4. The van der Waals surface area contributed by atoms with E-state index in [0.29, 0.717) is 29.6 Å². The molecule has 2 bridgehead atoms. The first-order valence-corrected chi connectivity index (χ1v) is 9.50. The highest BCUT2D eigenvalue weighted by molar-refractivity contribution is 6.30. The molecule has 3 fully saturated rings. The minimum Gasteiger partial charge on any atom is -0.481 e. The quantitative estimate of drug-likeness (QED) is 0.791. The summed E-state index contributed by atoms with van der Waals surface area (Å²) in [6, 6.07) is 6.93. The Morgan fingerprint density at radius 3 is 3.04 bits per heavy atom. The van der Waals surface area contributed by atoms with Gasteiger partial charge in [0.2, 0.25) is 0 Å². The Kier molecular flexibility index (Phi) is 4.67. The highest BCUT2D eigenvalue weighted by Crippen LogP contribution is 2.54. The average Bonchev–Trinajstić information content (AvgIpc) is 3.26. The fraction of sp³-hybridized carbons (Fsp3) is 0.579. The van der Waals surface area contributed by atoms with Crippen molar-refractivity contribution in [2.75, 3.05) is 26.2 Å². The molecule has 140 valence electrons. The van der Waals surface area contributed by atoms with E-state index < -0.39 is 5.97 Å². The van der Waals surface area contributed by atoms with Crippen molar-refractivity contribution in [1.29, 1.82) is 0 Å². The number of nitrogens with zero attached hydrogens (tertiary/aromatic N) is 1. The van der Waals surface area contributed by atoms with Gasteiger partial charge >= 0.3 is 5.97 Å². The number of carboxylic acids is 1. The summed E-state index contributed by atoms with van der Waals surface area (Å²) >= 11 is 5.96. The first-order chi connectivity index (χ1) is 12.5. The van der Waals surface area contributed by atoms with Gasteiger partial charge in [0.15, 0.2) is 0 Å². The van der Waals surface area contributed by atoms with Gasteiger partial charge < -0.3 is 15.2 Å². The maximum Gasteiger partial charge on any atom is 0.304 e. The highest BCUT2D eigenvalue weighted by Gasteiger charge is 2.62. The second-order valence-corrected chi connectivity index (χ2v) is 8.07. The summed E-state index contributed by atoms with van der Waals surface area (Å²) in [7, 11) is 0. The molecule has 4 rings (SSSR count). The number of nitrogens with one attached hydrogen (secondary N) is 1. The van der Waals surface area contributed by atoms with E-state index in [1.807, 2.05) is 0 Å². The number of ether oxygens (including phenoxy) is 1. The summed E-state index contributed by atoms with van der Waals surface area (Å²) in [6.07, 6.45) is 2.40. The third kappa shape index (κ3) is 3.21. The van der Waals surface area contributed by atoms with Crippen LogP contribution in [0.15, 0.2) is 24.3 Å². The number of benzene rings is 1. The minimum atomic E-state index is -0.768. The first-order valence-electron chi connectivity index (χ1n) is 9.13. The molecule has 4 atom stereocenters. The molecule has 26 heavy (non-hydrogen) atoms. The molecule has 3 aliphatic rings. The van der Waals surface area contributed by atoms with Crippen LogP contribution < -0.4 is 5.32 Å². The summed E-state index contributed by atoms with van der Waals surface area (Å²) in [5.41, 5.74) is 0.417. The zero-order valence-electron chi connectivity index (χ0n) is 14.5. The van der Waals surface area contributed by atoms with E-state index in [4.69, 9.17) is 21.4 Å². The predicted octanol–water partition coefficient (Wildman–Crippen LogP) is 2.02. The largest absolute Gasteiger partial charge is 0.481 e. The van der Waals surface area contributed by atoms with Crippen LogP contribution in [0.1, 0.15) is 29.6 Å². The van der Waals surface area contributed by atoms with Gasteiger partial charge in [0, 0.05) is 48.6 Å². The molecule has 0 radical (unpaired) electrons. The lowest BCUT2D eigenvalue weighted by Crippen LogP contribution is -2.41. The van der Waals surface area contributed by atoms with Crippen LogP contribution in [0.5, 0.6) is 0 Å². The number of fused-ring (bicyclic) bond motifs is 1. The van der Waals surface area contributed by atoms with Gasteiger partial charge in [0.25, 0.3) is 5.91 Å². The molecule has 1 aromatic rings. The number of carbonyl (C=O) groups is 2. The van der Waals surface area contributed by atoms with Crippen molar-refractivity contribution < 1.29 is 19.4 Å². The number of halogens is 1. The van der Waals surface area contributed by atoms with E-state index in [2.05, 4.69) is 10.2 Å².